The lowest BCUT2D eigenvalue weighted by Gasteiger charge is -2.13. The molecule has 0 radical (unpaired) electrons. The van der Waals surface area contributed by atoms with Crippen molar-refractivity contribution in [2.45, 2.75) is 19.1 Å². The first kappa shape index (κ1) is 14.3. The highest BCUT2D eigenvalue weighted by Gasteiger charge is 2.32. The first-order valence-corrected chi connectivity index (χ1v) is 7.79. The molecule has 4 heterocycles. The molecule has 3 aromatic heterocycles. The van der Waals surface area contributed by atoms with Gasteiger partial charge in [0.15, 0.2) is 11.2 Å². The number of aromatic nitrogens is 3. The number of β-amino-alcohol motifs (C(OH)–C–C–N with tert-alkyl or cyclic N) is 1. The van der Waals surface area contributed by atoms with Gasteiger partial charge in [0.25, 0.3) is 0 Å². The Bertz CT molecular complexity index is 756. The first-order valence-electron chi connectivity index (χ1n) is 7.79. The van der Waals surface area contributed by atoms with Gasteiger partial charge in [0.2, 0.25) is 5.89 Å². The second-order valence-corrected chi connectivity index (χ2v) is 5.98. The SMILES string of the molecule is O[C@@H]1CN(Cc2nc3ncccc3o2)C[C@H]1Cc1ccccn1. The van der Waals surface area contributed by atoms with Gasteiger partial charge in [-0.05, 0) is 30.7 Å². The Labute approximate surface area is 133 Å². The fourth-order valence-electron chi connectivity index (χ4n) is 3.13. The second-order valence-electron chi connectivity index (χ2n) is 5.98. The molecule has 0 spiro atoms. The van der Waals surface area contributed by atoms with Crippen LogP contribution in [-0.4, -0.2) is 44.2 Å². The Morgan fingerprint density at radius 1 is 1.13 bits per heavy atom. The molecule has 1 aliphatic rings. The van der Waals surface area contributed by atoms with Gasteiger partial charge < -0.3 is 9.52 Å². The van der Waals surface area contributed by atoms with E-state index in [9.17, 15) is 5.11 Å². The third kappa shape index (κ3) is 3.09. The van der Waals surface area contributed by atoms with Crippen molar-refractivity contribution in [3.63, 3.8) is 0 Å². The lowest BCUT2D eigenvalue weighted by atomic mass is 10.00. The summed E-state index contributed by atoms with van der Waals surface area (Å²) in [5.41, 5.74) is 2.35. The largest absolute Gasteiger partial charge is 0.438 e. The van der Waals surface area contributed by atoms with Crippen molar-refractivity contribution in [2.24, 2.45) is 5.92 Å². The number of nitrogens with zero attached hydrogens (tertiary/aromatic N) is 4. The van der Waals surface area contributed by atoms with Crippen LogP contribution in [0.3, 0.4) is 0 Å². The maximum Gasteiger partial charge on any atom is 0.211 e. The minimum absolute atomic E-state index is 0.187. The number of pyridine rings is 2. The lowest BCUT2D eigenvalue weighted by Crippen LogP contribution is -2.21. The van der Waals surface area contributed by atoms with Gasteiger partial charge in [-0.15, -0.1) is 0 Å². The Kier molecular flexibility index (Phi) is 3.77. The molecule has 1 saturated heterocycles. The maximum absolute atomic E-state index is 10.3. The van der Waals surface area contributed by atoms with Crippen LogP contribution in [0.2, 0.25) is 0 Å². The predicted octanol–water partition coefficient (Wildman–Crippen LogP) is 1.65. The minimum atomic E-state index is -0.348. The van der Waals surface area contributed by atoms with E-state index in [1.165, 1.54) is 0 Å². The molecule has 4 rings (SSSR count). The van der Waals surface area contributed by atoms with Crippen LogP contribution in [0.15, 0.2) is 47.1 Å². The molecule has 1 fully saturated rings. The average Bonchev–Trinajstić information content (AvgIpc) is 3.11. The van der Waals surface area contributed by atoms with Crippen LogP contribution in [0.25, 0.3) is 11.2 Å². The summed E-state index contributed by atoms with van der Waals surface area (Å²) < 4.78 is 5.71. The summed E-state index contributed by atoms with van der Waals surface area (Å²) in [6.45, 7) is 2.03. The third-order valence-electron chi connectivity index (χ3n) is 4.25. The molecule has 1 N–H and O–H groups in total. The summed E-state index contributed by atoms with van der Waals surface area (Å²) in [7, 11) is 0. The zero-order valence-corrected chi connectivity index (χ0v) is 12.7. The van der Waals surface area contributed by atoms with Gasteiger partial charge in [0, 0.05) is 37.1 Å². The number of rotatable bonds is 4. The quantitative estimate of drug-likeness (QED) is 0.790. The minimum Gasteiger partial charge on any atom is -0.438 e. The fourth-order valence-corrected chi connectivity index (χ4v) is 3.13. The van der Waals surface area contributed by atoms with Crippen molar-refractivity contribution in [1.29, 1.82) is 0 Å². The summed E-state index contributed by atoms with van der Waals surface area (Å²) >= 11 is 0. The Hall–Kier alpha value is -2.31. The predicted molar refractivity (Wildman–Crippen MR) is 84.5 cm³/mol. The van der Waals surface area contributed by atoms with Gasteiger partial charge in [-0.25, -0.2) is 4.98 Å². The highest BCUT2D eigenvalue weighted by Crippen LogP contribution is 2.23. The monoisotopic (exact) mass is 310 g/mol. The van der Waals surface area contributed by atoms with Crippen molar-refractivity contribution >= 4 is 11.2 Å². The smallest absolute Gasteiger partial charge is 0.211 e. The van der Waals surface area contributed by atoms with Gasteiger partial charge in [-0.1, -0.05) is 6.07 Å². The van der Waals surface area contributed by atoms with Crippen LogP contribution in [0.4, 0.5) is 0 Å². The number of likely N-dealkylation sites (tertiary alicyclic amines) is 1. The molecule has 23 heavy (non-hydrogen) atoms. The van der Waals surface area contributed by atoms with E-state index in [1.54, 1.807) is 12.4 Å². The molecule has 118 valence electrons. The van der Waals surface area contributed by atoms with E-state index >= 15 is 0 Å². The van der Waals surface area contributed by atoms with Gasteiger partial charge >= 0.3 is 0 Å². The number of aliphatic hydroxyl groups is 1. The Morgan fingerprint density at radius 2 is 2.04 bits per heavy atom. The van der Waals surface area contributed by atoms with Crippen molar-refractivity contribution in [2.75, 3.05) is 13.1 Å². The van der Waals surface area contributed by atoms with E-state index < -0.39 is 0 Å². The normalized spacial score (nSPS) is 22.0. The highest BCUT2D eigenvalue weighted by atomic mass is 16.3. The van der Waals surface area contributed by atoms with Crippen molar-refractivity contribution in [1.82, 2.24) is 19.9 Å². The van der Waals surface area contributed by atoms with Crippen LogP contribution in [-0.2, 0) is 13.0 Å². The summed E-state index contributed by atoms with van der Waals surface area (Å²) in [5.74, 6) is 0.830. The van der Waals surface area contributed by atoms with E-state index in [-0.39, 0.29) is 12.0 Å². The van der Waals surface area contributed by atoms with E-state index in [1.807, 2.05) is 30.3 Å². The molecule has 0 bridgehead atoms. The summed E-state index contributed by atoms with van der Waals surface area (Å²) in [5, 5.41) is 10.3. The number of fused-ring (bicyclic) bond motifs is 1. The maximum atomic E-state index is 10.3. The molecule has 0 amide bonds. The molecular formula is C17H18N4O2. The molecule has 0 unspecified atom stereocenters. The van der Waals surface area contributed by atoms with Crippen LogP contribution in [0.5, 0.6) is 0 Å². The molecular weight excluding hydrogens is 292 g/mol. The molecule has 2 atom stereocenters. The van der Waals surface area contributed by atoms with Crippen LogP contribution in [0.1, 0.15) is 11.6 Å². The van der Waals surface area contributed by atoms with Crippen molar-refractivity contribution in [3.05, 3.63) is 54.3 Å². The van der Waals surface area contributed by atoms with Crippen molar-refractivity contribution in [3.8, 4) is 0 Å². The molecule has 0 saturated carbocycles. The number of oxazole rings is 1. The lowest BCUT2D eigenvalue weighted by molar-refractivity contribution is 0.139. The zero-order chi connectivity index (χ0) is 15.6. The topological polar surface area (TPSA) is 75.3 Å². The Morgan fingerprint density at radius 3 is 2.87 bits per heavy atom. The number of hydrogen-bond donors (Lipinski definition) is 1. The van der Waals surface area contributed by atoms with Gasteiger partial charge in [-0.3, -0.25) is 9.88 Å². The van der Waals surface area contributed by atoms with E-state index in [2.05, 4.69) is 19.9 Å². The molecule has 6 nitrogen and oxygen atoms in total. The van der Waals surface area contributed by atoms with E-state index in [0.29, 0.717) is 30.2 Å². The number of aliphatic hydroxyl groups excluding tert-OH is 1. The standard InChI is InChI=1S/C17H18N4O2/c22-14-10-21(9-12(14)8-13-4-1-2-6-18-13)11-16-20-17-15(23-16)5-3-7-19-17/h1-7,12,14,22H,8-11H2/t12-,14-/m1/s1. The van der Waals surface area contributed by atoms with Crippen LogP contribution >= 0.6 is 0 Å². The van der Waals surface area contributed by atoms with Crippen LogP contribution < -0.4 is 0 Å². The summed E-state index contributed by atoms with van der Waals surface area (Å²) in [6.07, 6.45) is 3.93. The zero-order valence-electron chi connectivity index (χ0n) is 12.7. The molecule has 3 aromatic rings. The highest BCUT2D eigenvalue weighted by molar-refractivity contribution is 5.66. The summed E-state index contributed by atoms with van der Waals surface area (Å²) in [6, 6.07) is 9.58. The third-order valence-corrected chi connectivity index (χ3v) is 4.25. The second kappa shape index (κ2) is 6.06. The molecule has 0 aromatic carbocycles. The summed E-state index contributed by atoms with van der Waals surface area (Å²) in [4.78, 5) is 15.1. The molecule has 6 heteroatoms. The average molecular weight is 310 g/mol. The molecule has 1 aliphatic heterocycles. The van der Waals surface area contributed by atoms with Crippen molar-refractivity contribution < 1.29 is 9.52 Å². The van der Waals surface area contributed by atoms with Gasteiger partial charge in [0.1, 0.15) is 0 Å². The van der Waals surface area contributed by atoms with Crippen LogP contribution in [0, 0.1) is 5.92 Å². The van der Waals surface area contributed by atoms with E-state index in [4.69, 9.17) is 4.42 Å². The first-order chi connectivity index (χ1) is 11.3. The molecule has 0 aliphatic carbocycles. The Balaban J connectivity index is 1.42. The van der Waals surface area contributed by atoms with Gasteiger partial charge in [-0.2, -0.15) is 4.98 Å². The fraction of sp³-hybridized carbons (Fsp3) is 0.353. The van der Waals surface area contributed by atoms with E-state index in [0.717, 1.165) is 18.7 Å². The number of hydrogen-bond acceptors (Lipinski definition) is 6. The van der Waals surface area contributed by atoms with Gasteiger partial charge in [0.05, 0.1) is 12.6 Å².